The number of piperazine rings is 1. The second kappa shape index (κ2) is 12.8. The highest BCUT2D eigenvalue weighted by Gasteiger charge is 2.13. The predicted molar refractivity (Wildman–Crippen MR) is 141 cm³/mol. The molecular weight excluding hydrogens is 479 g/mol. The third-order valence-electron chi connectivity index (χ3n) is 6.25. The van der Waals surface area contributed by atoms with Crippen molar-refractivity contribution >= 4 is 17.5 Å². The first-order chi connectivity index (χ1) is 17.4. The van der Waals surface area contributed by atoms with Crippen LogP contribution in [0.25, 0.3) is 11.1 Å². The molecule has 36 heavy (non-hydrogen) atoms. The van der Waals surface area contributed by atoms with Gasteiger partial charge in [-0.05, 0) is 54.9 Å². The van der Waals surface area contributed by atoms with Gasteiger partial charge in [0.2, 0.25) is 5.91 Å². The van der Waals surface area contributed by atoms with E-state index in [1.807, 2.05) is 36.4 Å². The molecular formula is C28H32ClFN4O2. The van der Waals surface area contributed by atoms with E-state index in [9.17, 15) is 9.18 Å². The summed E-state index contributed by atoms with van der Waals surface area (Å²) in [6, 6.07) is 15.8. The molecule has 1 amide bonds. The summed E-state index contributed by atoms with van der Waals surface area (Å²) in [5.41, 5.74) is 3.27. The van der Waals surface area contributed by atoms with Gasteiger partial charge < -0.3 is 19.9 Å². The van der Waals surface area contributed by atoms with Gasteiger partial charge in [0.15, 0.2) is 0 Å². The Kier molecular flexibility index (Phi) is 9.28. The van der Waals surface area contributed by atoms with Crippen LogP contribution in [0.15, 0.2) is 60.8 Å². The van der Waals surface area contributed by atoms with Crippen molar-refractivity contribution in [1.82, 2.24) is 20.1 Å². The van der Waals surface area contributed by atoms with Gasteiger partial charge in [-0.1, -0.05) is 29.8 Å². The average Bonchev–Trinajstić information content (AvgIpc) is 2.87. The van der Waals surface area contributed by atoms with Crippen molar-refractivity contribution in [3.8, 4) is 16.9 Å². The van der Waals surface area contributed by atoms with Crippen molar-refractivity contribution in [2.75, 3.05) is 46.4 Å². The Labute approximate surface area is 217 Å². The lowest BCUT2D eigenvalue weighted by Gasteiger charge is -2.32. The van der Waals surface area contributed by atoms with Crippen molar-refractivity contribution < 1.29 is 13.9 Å². The molecule has 1 aliphatic heterocycles. The second-order valence-electron chi connectivity index (χ2n) is 9.14. The molecule has 0 spiro atoms. The van der Waals surface area contributed by atoms with Crippen LogP contribution < -0.4 is 10.1 Å². The van der Waals surface area contributed by atoms with Gasteiger partial charge in [-0.25, -0.2) is 4.39 Å². The smallest absolute Gasteiger partial charge is 0.226 e. The highest BCUT2D eigenvalue weighted by atomic mass is 35.5. The SMILES string of the molecule is CN1CCN(CCCOc2cc(F)cc(CNC(=O)Cc3ccc(-c4ccc(Cl)cc4)cn3)c2)CC1. The van der Waals surface area contributed by atoms with E-state index in [4.69, 9.17) is 16.3 Å². The zero-order chi connectivity index (χ0) is 25.3. The first-order valence-electron chi connectivity index (χ1n) is 12.3. The zero-order valence-corrected chi connectivity index (χ0v) is 21.3. The number of rotatable bonds is 10. The fraction of sp³-hybridized carbons (Fsp3) is 0.357. The van der Waals surface area contributed by atoms with Crippen molar-refractivity contribution in [3.63, 3.8) is 0 Å². The number of likely N-dealkylation sites (N-methyl/N-ethyl adjacent to an activating group) is 1. The van der Waals surface area contributed by atoms with Crippen LogP contribution in [0.2, 0.25) is 5.02 Å². The maximum Gasteiger partial charge on any atom is 0.226 e. The molecule has 3 aromatic rings. The third kappa shape index (κ3) is 8.01. The summed E-state index contributed by atoms with van der Waals surface area (Å²) >= 11 is 5.94. The number of amides is 1. The van der Waals surface area contributed by atoms with Crippen LogP contribution in [0.1, 0.15) is 17.7 Å². The number of hydrogen-bond acceptors (Lipinski definition) is 5. The van der Waals surface area contributed by atoms with Crippen molar-refractivity contribution in [2.24, 2.45) is 0 Å². The summed E-state index contributed by atoms with van der Waals surface area (Å²) in [6.07, 6.45) is 2.77. The van der Waals surface area contributed by atoms with Gasteiger partial charge in [-0.15, -0.1) is 0 Å². The molecule has 2 heterocycles. The van der Waals surface area contributed by atoms with E-state index in [0.717, 1.165) is 50.3 Å². The van der Waals surface area contributed by atoms with Crippen LogP contribution >= 0.6 is 11.6 Å². The summed E-state index contributed by atoms with van der Waals surface area (Å²) in [5.74, 6) is -0.0759. The number of carbonyl (C=O) groups is 1. The van der Waals surface area contributed by atoms with Crippen LogP contribution in [0.5, 0.6) is 5.75 Å². The van der Waals surface area contributed by atoms with Crippen LogP contribution in [0.3, 0.4) is 0 Å². The third-order valence-corrected chi connectivity index (χ3v) is 6.50. The minimum absolute atomic E-state index is 0.145. The molecule has 1 N–H and O–H groups in total. The Morgan fingerprint density at radius 1 is 1.06 bits per heavy atom. The number of aromatic nitrogens is 1. The van der Waals surface area contributed by atoms with Crippen molar-refractivity contribution in [2.45, 2.75) is 19.4 Å². The Balaban J connectivity index is 1.21. The average molecular weight is 511 g/mol. The summed E-state index contributed by atoms with van der Waals surface area (Å²) in [5, 5.41) is 3.52. The fourth-order valence-corrected chi connectivity index (χ4v) is 4.25. The summed E-state index contributed by atoms with van der Waals surface area (Å²) in [6.45, 7) is 6.04. The molecule has 6 nitrogen and oxygen atoms in total. The monoisotopic (exact) mass is 510 g/mol. The number of nitrogens with zero attached hydrogens (tertiary/aromatic N) is 3. The number of hydrogen-bond donors (Lipinski definition) is 1. The maximum absolute atomic E-state index is 14.1. The standard InChI is InChI=1S/C28H32ClFN4O2/c1-33-10-12-34(13-11-33)9-2-14-36-27-16-21(15-25(30)17-27)19-32-28(35)18-26-8-5-23(20-31-26)22-3-6-24(29)7-4-22/h3-8,15-17,20H,2,9-14,18-19H2,1H3,(H,32,35). The molecule has 0 aliphatic carbocycles. The zero-order valence-electron chi connectivity index (χ0n) is 20.6. The molecule has 1 aliphatic rings. The number of halogens is 2. The van der Waals surface area contributed by atoms with Gasteiger partial charge in [0.05, 0.1) is 13.0 Å². The number of pyridine rings is 1. The minimum atomic E-state index is -0.379. The van der Waals surface area contributed by atoms with E-state index in [1.165, 1.54) is 12.1 Å². The molecule has 1 aromatic heterocycles. The van der Waals surface area contributed by atoms with Crippen molar-refractivity contribution in [1.29, 1.82) is 0 Å². The largest absolute Gasteiger partial charge is 0.493 e. The molecule has 0 unspecified atom stereocenters. The van der Waals surface area contributed by atoms with Crippen LogP contribution in [0, 0.1) is 5.82 Å². The van der Waals surface area contributed by atoms with Crippen LogP contribution in [0.4, 0.5) is 4.39 Å². The Bertz CT molecular complexity index is 1130. The molecule has 190 valence electrons. The number of benzene rings is 2. The molecule has 1 fully saturated rings. The molecule has 0 radical (unpaired) electrons. The Hall–Kier alpha value is -3.00. The van der Waals surface area contributed by atoms with Crippen LogP contribution in [-0.2, 0) is 17.8 Å². The predicted octanol–water partition coefficient (Wildman–Crippen LogP) is 4.42. The first-order valence-corrected chi connectivity index (χ1v) is 12.6. The summed E-state index contributed by atoms with van der Waals surface area (Å²) < 4.78 is 19.9. The summed E-state index contributed by atoms with van der Waals surface area (Å²) in [7, 11) is 2.14. The number of nitrogens with one attached hydrogen (secondary N) is 1. The van der Waals surface area contributed by atoms with E-state index in [0.29, 0.717) is 28.6 Å². The molecule has 0 atom stereocenters. The second-order valence-corrected chi connectivity index (χ2v) is 9.58. The normalized spacial score (nSPS) is 14.5. The Morgan fingerprint density at radius 3 is 2.53 bits per heavy atom. The van der Waals surface area contributed by atoms with Gasteiger partial charge in [0.1, 0.15) is 11.6 Å². The minimum Gasteiger partial charge on any atom is -0.493 e. The highest BCUT2D eigenvalue weighted by Crippen LogP contribution is 2.21. The number of ether oxygens (including phenoxy) is 1. The summed E-state index contributed by atoms with van der Waals surface area (Å²) in [4.78, 5) is 21.6. The van der Waals surface area contributed by atoms with Crippen molar-refractivity contribution in [3.05, 3.63) is 82.9 Å². The van der Waals surface area contributed by atoms with E-state index < -0.39 is 0 Å². The van der Waals surface area contributed by atoms with Gasteiger partial charge >= 0.3 is 0 Å². The Morgan fingerprint density at radius 2 is 1.81 bits per heavy atom. The molecule has 0 saturated carbocycles. The van der Waals surface area contributed by atoms with Gasteiger partial charge in [0.25, 0.3) is 0 Å². The molecule has 0 bridgehead atoms. The molecule has 1 saturated heterocycles. The lowest BCUT2D eigenvalue weighted by molar-refractivity contribution is -0.120. The molecule has 4 rings (SSSR count). The lowest BCUT2D eigenvalue weighted by Crippen LogP contribution is -2.44. The molecule has 2 aromatic carbocycles. The molecule has 8 heteroatoms. The quantitative estimate of drug-likeness (QED) is 0.409. The fourth-order valence-electron chi connectivity index (χ4n) is 4.13. The van der Waals surface area contributed by atoms with Crippen LogP contribution in [-0.4, -0.2) is 67.1 Å². The first kappa shape index (κ1) is 26.1. The lowest BCUT2D eigenvalue weighted by atomic mass is 10.1. The number of carbonyl (C=O) groups excluding carboxylic acids is 1. The van der Waals surface area contributed by atoms with E-state index in [-0.39, 0.29) is 24.7 Å². The van der Waals surface area contributed by atoms with Gasteiger partial charge in [0, 0.05) is 67.8 Å². The van der Waals surface area contributed by atoms with E-state index in [2.05, 4.69) is 27.1 Å². The highest BCUT2D eigenvalue weighted by molar-refractivity contribution is 6.30. The maximum atomic E-state index is 14.1. The van der Waals surface area contributed by atoms with Gasteiger partial charge in [-0.2, -0.15) is 0 Å². The van der Waals surface area contributed by atoms with E-state index in [1.54, 1.807) is 12.3 Å². The van der Waals surface area contributed by atoms with E-state index >= 15 is 0 Å². The topological polar surface area (TPSA) is 57.7 Å². The van der Waals surface area contributed by atoms with Gasteiger partial charge in [-0.3, -0.25) is 9.78 Å².